The van der Waals surface area contributed by atoms with E-state index in [4.69, 9.17) is 4.74 Å². The number of fused-ring (bicyclic) bond motifs is 3. The molecule has 2 heteroatoms. The molecule has 0 unspecified atom stereocenters. The molecular weight excluding hydrogens is 330 g/mol. The first-order valence-electron chi connectivity index (χ1n) is 10.3. The Bertz CT molecular complexity index is 834. The van der Waals surface area contributed by atoms with Gasteiger partial charge in [0.05, 0.1) is 12.7 Å². The van der Waals surface area contributed by atoms with Crippen molar-refractivity contribution in [2.45, 2.75) is 63.7 Å². The summed E-state index contributed by atoms with van der Waals surface area (Å²) in [7, 11) is 1.60. The van der Waals surface area contributed by atoms with Gasteiger partial charge in [-0.3, -0.25) is 0 Å². The summed E-state index contributed by atoms with van der Waals surface area (Å²) in [5, 5.41) is 9.33. The van der Waals surface area contributed by atoms with Crippen molar-refractivity contribution >= 4 is 0 Å². The third-order valence-corrected chi connectivity index (χ3v) is 7.33. The van der Waals surface area contributed by atoms with E-state index in [0.717, 1.165) is 5.56 Å². The van der Waals surface area contributed by atoms with Crippen molar-refractivity contribution in [3.05, 3.63) is 53.6 Å². The summed E-state index contributed by atoms with van der Waals surface area (Å²) < 4.78 is 5.26. The Morgan fingerprint density at radius 2 is 1.56 bits per heavy atom. The summed E-state index contributed by atoms with van der Waals surface area (Å²) in [4.78, 5) is 0. The number of nitriles is 1. The van der Waals surface area contributed by atoms with E-state index in [9.17, 15) is 5.26 Å². The fraction of sp³-hybridized carbons (Fsp3) is 0.480. The lowest BCUT2D eigenvalue weighted by Crippen LogP contribution is -2.44. The topological polar surface area (TPSA) is 33.0 Å². The van der Waals surface area contributed by atoms with Crippen LogP contribution in [0.1, 0.15) is 69.4 Å². The van der Waals surface area contributed by atoms with Gasteiger partial charge in [-0.25, -0.2) is 0 Å². The van der Waals surface area contributed by atoms with Gasteiger partial charge < -0.3 is 4.74 Å². The van der Waals surface area contributed by atoms with E-state index in [2.05, 4.69) is 37.3 Å². The zero-order valence-electron chi connectivity index (χ0n) is 16.6. The van der Waals surface area contributed by atoms with Gasteiger partial charge in [-0.1, -0.05) is 43.7 Å². The lowest BCUT2D eigenvalue weighted by atomic mass is 9.51. The fourth-order valence-corrected chi connectivity index (χ4v) is 5.59. The first kappa shape index (κ1) is 18.1. The van der Waals surface area contributed by atoms with Crippen LogP contribution in [0, 0.1) is 16.7 Å². The van der Waals surface area contributed by atoms with Gasteiger partial charge in [-0.2, -0.15) is 5.26 Å². The van der Waals surface area contributed by atoms with E-state index in [1.54, 1.807) is 7.11 Å². The highest BCUT2D eigenvalue weighted by molar-refractivity contribution is 5.67. The molecule has 0 aromatic heterocycles. The number of methoxy groups -OCH3 is 1. The van der Waals surface area contributed by atoms with E-state index >= 15 is 0 Å². The second-order valence-corrected chi connectivity index (χ2v) is 8.63. The maximum absolute atomic E-state index is 9.33. The largest absolute Gasteiger partial charge is 0.495 e. The Morgan fingerprint density at radius 3 is 2.11 bits per heavy atom. The quantitative estimate of drug-likeness (QED) is 0.600. The molecule has 2 bridgehead atoms. The Hall–Kier alpha value is -2.27. The molecule has 3 aliphatic carbocycles. The summed E-state index contributed by atoms with van der Waals surface area (Å²) in [6.45, 7) is 2.33. The number of hydrogen-bond acceptors (Lipinski definition) is 2. The SMILES string of the molecule is CCCC12CCC(c3ccc(-c4ccc(OC)c(C#N)c4)cc3)(CC1)CC2. The highest BCUT2D eigenvalue weighted by Crippen LogP contribution is 2.59. The van der Waals surface area contributed by atoms with Crippen LogP contribution in [-0.2, 0) is 5.41 Å². The summed E-state index contributed by atoms with van der Waals surface area (Å²) >= 11 is 0. The van der Waals surface area contributed by atoms with Crippen LogP contribution < -0.4 is 4.74 Å². The molecule has 0 spiro atoms. The molecular formula is C25H29NO. The zero-order valence-corrected chi connectivity index (χ0v) is 16.6. The Labute approximate surface area is 163 Å². The average Bonchev–Trinajstić information content (AvgIpc) is 2.75. The molecule has 0 N–H and O–H groups in total. The maximum Gasteiger partial charge on any atom is 0.136 e. The zero-order chi connectivity index (χ0) is 18.9. The van der Waals surface area contributed by atoms with Crippen LogP contribution in [0.3, 0.4) is 0 Å². The first-order chi connectivity index (χ1) is 13.1. The van der Waals surface area contributed by atoms with E-state index in [1.165, 1.54) is 62.5 Å². The summed E-state index contributed by atoms with van der Waals surface area (Å²) in [5.41, 5.74) is 5.42. The van der Waals surface area contributed by atoms with Crippen molar-refractivity contribution in [3.8, 4) is 22.9 Å². The van der Waals surface area contributed by atoms with Crippen LogP contribution in [0.2, 0.25) is 0 Å². The molecule has 3 aliphatic rings. The highest BCUT2D eigenvalue weighted by atomic mass is 16.5. The second kappa shape index (κ2) is 7.04. The molecule has 0 radical (unpaired) electrons. The number of ether oxygens (including phenoxy) is 1. The van der Waals surface area contributed by atoms with Crippen molar-refractivity contribution in [3.63, 3.8) is 0 Å². The van der Waals surface area contributed by atoms with Crippen LogP contribution in [-0.4, -0.2) is 7.11 Å². The Morgan fingerprint density at radius 1 is 0.926 bits per heavy atom. The molecule has 140 valence electrons. The third-order valence-electron chi connectivity index (χ3n) is 7.33. The van der Waals surface area contributed by atoms with Crippen LogP contribution in [0.5, 0.6) is 5.75 Å². The summed E-state index contributed by atoms with van der Waals surface area (Å²) in [6, 6.07) is 17.2. The minimum absolute atomic E-state index is 0.408. The van der Waals surface area contributed by atoms with Gasteiger partial charge in [0, 0.05) is 0 Å². The molecule has 2 nitrogen and oxygen atoms in total. The number of rotatable bonds is 5. The van der Waals surface area contributed by atoms with Gasteiger partial charge in [0.25, 0.3) is 0 Å². The second-order valence-electron chi connectivity index (χ2n) is 8.63. The predicted molar refractivity (Wildman–Crippen MR) is 110 cm³/mol. The van der Waals surface area contributed by atoms with E-state index < -0.39 is 0 Å². The van der Waals surface area contributed by atoms with Gasteiger partial charge in [-0.15, -0.1) is 0 Å². The van der Waals surface area contributed by atoms with Gasteiger partial charge in [0.2, 0.25) is 0 Å². The van der Waals surface area contributed by atoms with Crippen LogP contribution >= 0.6 is 0 Å². The summed E-state index contributed by atoms with van der Waals surface area (Å²) in [6.07, 6.45) is 11.0. The van der Waals surface area contributed by atoms with Crippen molar-refractivity contribution in [2.75, 3.05) is 7.11 Å². The van der Waals surface area contributed by atoms with Gasteiger partial charge in [0.15, 0.2) is 0 Å². The highest BCUT2D eigenvalue weighted by Gasteiger charge is 2.48. The normalized spacial score (nSPS) is 26.6. The molecule has 3 saturated carbocycles. The molecule has 0 heterocycles. The minimum atomic E-state index is 0.408. The fourth-order valence-electron chi connectivity index (χ4n) is 5.59. The van der Waals surface area contributed by atoms with Gasteiger partial charge in [0.1, 0.15) is 11.8 Å². The molecule has 0 saturated heterocycles. The van der Waals surface area contributed by atoms with Crippen molar-refractivity contribution in [1.29, 1.82) is 5.26 Å². The van der Waals surface area contributed by atoms with Crippen LogP contribution in [0.25, 0.3) is 11.1 Å². The molecule has 0 atom stereocenters. The van der Waals surface area contributed by atoms with E-state index in [-0.39, 0.29) is 0 Å². The third kappa shape index (κ3) is 3.14. The number of nitrogens with zero attached hydrogens (tertiary/aromatic N) is 1. The average molecular weight is 360 g/mol. The van der Waals surface area contributed by atoms with Gasteiger partial charge in [-0.05, 0) is 84.6 Å². The number of benzene rings is 2. The first-order valence-corrected chi connectivity index (χ1v) is 10.3. The predicted octanol–water partition coefficient (Wildman–Crippen LogP) is 6.63. The van der Waals surface area contributed by atoms with Crippen LogP contribution in [0.4, 0.5) is 0 Å². The molecule has 27 heavy (non-hydrogen) atoms. The maximum atomic E-state index is 9.33. The van der Waals surface area contributed by atoms with Crippen molar-refractivity contribution in [2.24, 2.45) is 5.41 Å². The summed E-state index contributed by atoms with van der Waals surface area (Å²) in [5.74, 6) is 0.636. The minimum Gasteiger partial charge on any atom is -0.495 e. The smallest absolute Gasteiger partial charge is 0.136 e. The lowest BCUT2D eigenvalue weighted by molar-refractivity contribution is 0.0320. The number of hydrogen-bond donors (Lipinski definition) is 0. The Kier molecular flexibility index (Phi) is 4.72. The van der Waals surface area contributed by atoms with Crippen molar-refractivity contribution < 1.29 is 4.74 Å². The van der Waals surface area contributed by atoms with Crippen molar-refractivity contribution in [1.82, 2.24) is 0 Å². The lowest BCUT2D eigenvalue weighted by Gasteiger charge is -2.54. The molecule has 0 amide bonds. The molecule has 3 fully saturated rings. The molecule has 0 aliphatic heterocycles. The van der Waals surface area contributed by atoms with Crippen LogP contribution in [0.15, 0.2) is 42.5 Å². The monoisotopic (exact) mass is 359 g/mol. The standard InChI is InChI=1S/C25H29NO/c1-3-10-24-11-14-25(15-12-24,16-13-24)22-7-4-19(5-8-22)20-6-9-23(27-2)21(17-20)18-26/h4-9,17H,3,10-16H2,1-2H3. The van der Waals surface area contributed by atoms with E-state index in [0.29, 0.717) is 22.1 Å². The molecule has 5 rings (SSSR count). The molecule has 2 aromatic rings. The molecule has 2 aromatic carbocycles. The Balaban J connectivity index is 1.56. The van der Waals surface area contributed by atoms with E-state index in [1.807, 2.05) is 18.2 Å². The van der Waals surface area contributed by atoms with Gasteiger partial charge >= 0.3 is 0 Å².